The molecule has 0 heterocycles. The van der Waals surface area contributed by atoms with Crippen molar-refractivity contribution in [2.75, 3.05) is 7.11 Å². The smallest absolute Gasteiger partial charge is 0.123 e. The van der Waals surface area contributed by atoms with Crippen molar-refractivity contribution in [1.29, 1.82) is 0 Å². The summed E-state index contributed by atoms with van der Waals surface area (Å²) in [6.45, 7) is 2.74. The van der Waals surface area contributed by atoms with Gasteiger partial charge in [-0.15, -0.1) is 0 Å². The number of nitrogens with one attached hydrogen (secondary N) is 1. The Balaban J connectivity index is 2.09. The first-order valence-electron chi connectivity index (χ1n) is 6.42. The molecule has 2 rings (SSSR count). The number of methoxy groups -OCH3 is 1. The van der Waals surface area contributed by atoms with Crippen molar-refractivity contribution in [1.82, 2.24) is 5.32 Å². The summed E-state index contributed by atoms with van der Waals surface area (Å²) in [5.74, 6) is 0.879. The van der Waals surface area contributed by atoms with Crippen LogP contribution in [-0.2, 0) is 6.54 Å². The van der Waals surface area contributed by atoms with Crippen molar-refractivity contribution in [2.45, 2.75) is 19.5 Å². The van der Waals surface area contributed by atoms with Crippen LogP contribution in [0.3, 0.4) is 0 Å². The van der Waals surface area contributed by atoms with Crippen LogP contribution in [0.2, 0.25) is 10.0 Å². The van der Waals surface area contributed by atoms with Crippen molar-refractivity contribution in [3.63, 3.8) is 0 Å². The second-order valence-corrected chi connectivity index (χ2v) is 5.34. The van der Waals surface area contributed by atoms with Crippen molar-refractivity contribution >= 4 is 23.2 Å². The molecule has 0 radical (unpaired) electrons. The zero-order valence-electron chi connectivity index (χ0n) is 11.5. The lowest BCUT2D eigenvalue weighted by molar-refractivity contribution is 0.401. The average molecular weight is 310 g/mol. The third kappa shape index (κ3) is 3.45. The number of hydrogen-bond acceptors (Lipinski definition) is 2. The predicted molar refractivity (Wildman–Crippen MR) is 84.7 cm³/mol. The summed E-state index contributed by atoms with van der Waals surface area (Å²) < 4.78 is 5.37. The molecule has 4 heteroatoms. The molecular formula is C16H17Cl2NO. The van der Waals surface area contributed by atoms with E-state index in [4.69, 9.17) is 27.9 Å². The Morgan fingerprint density at radius 2 is 1.85 bits per heavy atom. The molecule has 0 aliphatic carbocycles. The molecule has 2 aromatic carbocycles. The molecule has 0 aliphatic rings. The van der Waals surface area contributed by atoms with Gasteiger partial charge in [0.1, 0.15) is 5.75 Å². The molecule has 0 fully saturated rings. The highest BCUT2D eigenvalue weighted by atomic mass is 35.5. The van der Waals surface area contributed by atoms with Gasteiger partial charge in [0.05, 0.1) is 17.2 Å². The van der Waals surface area contributed by atoms with Crippen LogP contribution in [0.4, 0.5) is 0 Å². The Kier molecular flexibility index (Phi) is 5.30. The van der Waals surface area contributed by atoms with Crippen LogP contribution in [0.15, 0.2) is 42.5 Å². The largest absolute Gasteiger partial charge is 0.496 e. The SMILES string of the molecule is COc1ccccc1[C@H](C)NCc1cccc(Cl)c1Cl. The van der Waals surface area contributed by atoms with E-state index < -0.39 is 0 Å². The van der Waals surface area contributed by atoms with Gasteiger partial charge in [0.15, 0.2) is 0 Å². The Bertz CT molecular complexity index is 586. The molecule has 1 N–H and O–H groups in total. The standard InChI is InChI=1S/C16H17Cl2NO/c1-11(13-7-3-4-9-15(13)20-2)19-10-12-6-5-8-14(17)16(12)18/h3-9,11,19H,10H2,1-2H3/t11-/m0/s1. The van der Waals surface area contributed by atoms with E-state index in [0.717, 1.165) is 16.9 Å². The van der Waals surface area contributed by atoms with E-state index in [9.17, 15) is 0 Å². The summed E-state index contributed by atoms with van der Waals surface area (Å²) in [6.07, 6.45) is 0. The quantitative estimate of drug-likeness (QED) is 0.852. The summed E-state index contributed by atoms with van der Waals surface area (Å²) in [4.78, 5) is 0. The molecular weight excluding hydrogens is 293 g/mol. The van der Waals surface area contributed by atoms with Gasteiger partial charge in [-0.1, -0.05) is 53.5 Å². The van der Waals surface area contributed by atoms with E-state index in [-0.39, 0.29) is 6.04 Å². The highest BCUT2D eigenvalue weighted by molar-refractivity contribution is 6.42. The van der Waals surface area contributed by atoms with Crippen molar-refractivity contribution in [2.24, 2.45) is 0 Å². The molecule has 0 saturated carbocycles. The molecule has 2 nitrogen and oxygen atoms in total. The highest BCUT2D eigenvalue weighted by Crippen LogP contribution is 2.27. The second-order valence-electron chi connectivity index (χ2n) is 4.56. The lowest BCUT2D eigenvalue weighted by Gasteiger charge is -2.17. The average Bonchev–Trinajstić information content (AvgIpc) is 2.48. The summed E-state index contributed by atoms with van der Waals surface area (Å²) >= 11 is 12.2. The van der Waals surface area contributed by atoms with Crippen LogP contribution in [0, 0.1) is 0 Å². The van der Waals surface area contributed by atoms with E-state index in [1.165, 1.54) is 0 Å². The summed E-state index contributed by atoms with van der Waals surface area (Å²) in [5, 5.41) is 4.62. The van der Waals surface area contributed by atoms with E-state index in [1.807, 2.05) is 30.3 Å². The first-order valence-corrected chi connectivity index (χ1v) is 7.18. The molecule has 0 aliphatic heterocycles. The van der Waals surface area contributed by atoms with Crippen molar-refractivity contribution in [3.05, 3.63) is 63.6 Å². The fraction of sp³-hybridized carbons (Fsp3) is 0.250. The fourth-order valence-electron chi connectivity index (χ4n) is 2.08. The third-order valence-electron chi connectivity index (χ3n) is 3.24. The molecule has 106 valence electrons. The van der Waals surface area contributed by atoms with Gasteiger partial charge in [-0.25, -0.2) is 0 Å². The molecule has 0 bridgehead atoms. The number of ether oxygens (including phenoxy) is 1. The molecule has 0 aromatic heterocycles. The van der Waals surface area contributed by atoms with E-state index in [1.54, 1.807) is 13.2 Å². The van der Waals surface area contributed by atoms with Crippen molar-refractivity contribution in [3.8, 4) is 5.75 Å². The van der Waals surface area contributed by atoms with Crippen LogP contribution in [-0.4, -0.2) is 7.11 Å². The maximum Gasteiger partial charge on any atom is 0.123 e. The zero-order valence-corrected chi connectivity index (χ0v) is 13.0. The molecule has 1 atom stereocenters. The van der Waals surface area contributed by atoms with Gasteiger partial charge in [0, 0.05) is 18.2 Å². The van der Waals surface area contributed by atoms with Gasteiger partial charge in [-0.05, 0) is 24.6 Å². The number of halogens is 2. The van der Waals surface area contributed by atoms with Crippen molar-refractivity contribution < 1.29 is 4.74 Å². The fourth-order valence-corrected chi connectivity index (χ4v) is 2.47. The molecule has 0 unspecified atom stereocenters. The second kappa shape index (κ2) is 6.98. The normalized spacial score (nSPS) is 12.2. The summed E-state index contributed by atoms with van der Waals surface area (Å²) in [7, 11) is 1.68. The first-order chi connectivity index (χ1) is 9.63. The summed E-state index contributed by atoms with van der Waals surface area (Å²) in [5.41, 5.74) is 2.11. The van der Waals surface area contributed by atoms with Gasteiger partial charge in [0.2, 0.25) is 0 Å². The zero-order chi connectivity index (χ0) is 14.5. The van der Waals surface area contributed by atoms with Crippen LogP contribution in [0.1, 0.15) is 24.1 Å². The summed E-state index contributed by atoms with van der Waals surface area (Å²) in [6, 6.07) is 13.8. The maximum absolute atomic E-state index is 6.18. The minimum atomic E-state index is 0.154. The van der Waals surface area contributed by atoms with Gasteiger partial charge >= 0.3 is 0 Å². The van der Waals surface area contributed by atoms with Gasteiger partial charge in [-0.2, -0.15) is 0 Å². The Labute approximate surface area is 129 Å². The molecule has 20 heavy (non-hydrogen) atoms. The number of hydrogen-bond donors (Lipinski definition) is 1. The predicted octanol–water partition coefficient (Wildman–Crippen LogP) is 4.85. The van der Waals surface area contributed by atoms with E-state index in [0.29, 0.717) is 16.6 Å². The highest BCUT2D eigenvalue weighted by Gasteiger charge is 2.11. The van der Waals surface area contributed by atoms with Crippen LogP contribution >= 0.6 is 23.2 Å². The maximum atomic E-state index is 6.18. The Morgan fingerprint density at radius 3 is 2.60 bits per heavy atom. The molecule has 0 saturated heterocycles. The lowest BCUT2D eigenvalue weighted by Crippen LogP contribution is -2.18. The monoisotopic (exact) mass is 309 g/mol. The van der Waals surface area contributed by atoms with Gasteiger partial charge in [-0.3, -0.25) is 0 Å². The molecule has 0 amide bonds. The van der Waals surface area contributed by atoms with E-state index in [2.05, 4.69) is 18.3 Å². The van der Waals surface area contributed by atoms with E-state index >= 15 is 0 Å². The Hall–Kier alpha value is -1.22. The number of benzene rings is 2. The molecule has 2 aromatic rings. The number of rotatable bonds is 5. The van der Waals surface area contributed by atoms with Crippen LogP contribution < -0.4 is 10.1 Å². The first kappa shape index (κ1) is 15.2. The minimum absolute atomic E-state index is 0.154. The minimum Gasteiger partial charge on any atom is -0.496 e. The lowest BCUT2D eigenvalue weighted by atomic mass is 10.1. The molecule has 0 spiro atoms. The third-order valence-corrected chi connectivity index (χ3v) is 4.09. The number of para-hydroxylation sites is 1. The topological polar surface area (TPSA) is 21.3 Å². The Morgan fingerprint density at radius 1 is 1.10 bits per heavy atom. The van der Waals surface area contributed by atoms with Gasteiger partial charge in [0.25, 0.3) is 0 Å². The van der Waals surface area contributed by atoms with Crippen LogP contribution in [0.5, 0.6) is 5.75 Å². The van der Waals surface area contributed by atoms with Gasteiger partial charge < -0.3 is 10.1 Å². The van der Waals surface area contributed by atoms with Crippen LogP contribution in [0.25, 0.3) is 0 Å².